The molecule has 0 atom stereocenters. The summed E-state index contributed by atoms with van der Waals surface area (Å²) in [5.74, 6) is 1.21. The van der Waals surface area contributed by atoms with Gasteiger partial charge in [-0.1, -0.05) is 0 Å². The highest BCUT2D eigenvalue weighted by molar-refractivity contribution is 5.76. The zero-order valence-corrected chi connectivity index (χ0v) is 10.3. The van der Waals surface area contributed by atoms with E-state index in [-0.39, 0.29) is 12.3 Å². The molecule has 0 saturated heterocycles. The number of amides is 1. The summed E-state index contributed by atoms with van der Waals surface area (Å²) in [7, 11) is 0. The fourth-order valence-electron chi connectivity index (χ4n) is 1.27. The number of carbonyl (C=O) groups is 1. The molecule has 5 nitrogen and oxygen atoms in total. The number of nitrogens with one attached hydrogen (secondary N) is 1. The molecule has 16 heavy (non-hydrogen) atoms. The Kier molecular flexibility index (Phi) is 3.70. The molecule has 0 fully saturated rings. The number of aryl methyl sites for hydroxylation is 2. The van der Waals surface area contributed by atoms with Crippen molar-refractivity contribution in [3.05, 3.63) is 17.3 Å². The highest BCUT2D eigenvalue weighted by Gasteiger charge is 2.16. The summed E-state index contributed by atoms with van der Waals surface area (Å²) in [4.78, 5) is 15.6. The number of hydrogen-bond donors (Lipinski definition) is 2. The van der Waals surface area contributed by atoms with Gasteiger partial charge in [0.05, 0.1) is 12.2 Å². The van der Waals surface area contributed by atoms with Crippen molar-refractivity contribution in [3.8, 4) is 0 Å². The Bertz CT molecular complexity index is 358. The molecule has 5 heteroatoms. The largest absolute Gasteiger partial charge is 0.444 e. The van der Waals surface area contributed by atoms with Gasteiger partial charge in [0.2, 0.25) is 11.8 Å². The van der Waals surface area contributed by atoms with Crippen molar-refractivity contribution in [1.29, 1.82) is 0 Å². The first-order valence-corrected chi connectivity index (χ1v) is 5.26. The topological polar surface area (TPSA) is 81.2 Å². The predicted octanol–water partition coefficient (Wildman–Crippen LogP) is 1.04. The van der Waals surface area contributed by atoms with E-state index in [9.17, 15) is 4.79 Å². The average molecular weight is 225 g/mol. The summed E-state index contributed by atoms with van der Waals surface area (Å²) in [6, 6.07) is 0. The Labute approximate surface area is 95.4 Å². The van der Waals surface area contributed by atoms with E-state index in [1.807, 2.05) is 27.7 Å². The van der Waals surface area contributed by atoms with Gasteiger partial charge in [-0.2, -0.15) is 0 Å². The van der Waals surface area contributed by atoms with E-state index in [0.29, 0.717) is 12.4 Å². The minimum atomic E-state index is -0.494. The van der Waals surface area contributed by atoms with E-state index in [0.717, 1.165) is 11.5 Å². The molecular weight excluding hydrogens is 206 g/mol. The molecule has 0 aliphatic heterocycles. The standard InChI is InChI=1S/C11H19N3O2/c1-7-8(2)16-10(14-7)6-13-9(15)5-11(3,4)12/h5-6,12H2,1-4H3,(H,13,15). The molecule has 0 saturated carbocycles. The van der Waals surface area contributed by atoms with E-state index in [1.54, 1.807) is 0 Å². The van der Waals surface area contributed by atoms with Crippen molar-refractivity contribution in [2.75, 3.05) is 0 Å². The average Bonchev–Trinajstić information content (AvgIpc) is 2.40. The Morgan fingerprint density at radius 1 is 1.50 bits per heavy atom. The summed E-state index contributed by atoms with van der Waals surface area (Å²) >= 11 is 0. The van der Waals surface area contributed by atoms with Crippen molar-refractivity contribution in [3.63, 3.8) is 0 Å². The molecule has 1 heterocycles. The maximum absolute atomic E-state index is 11.5. The normalized spacial score (nSPS) is 11.6. The summed E-state index contributed by atoms with van der Waals surface area (Å²) in [5, 5.41) is 2.72. The van der Waals surface area contributed by atoms with Gasteiger partial charge in [-0.25, -0.2) is 4.98 Å². The molecule has 1 rings (SSSR count). The van der Waals surface area contributed by atoms with Crippen LogP contribution in [0.1, 0.15) is 37.6 Å². The van der Waals surface area contributed by atoms with Crippen molar-refractivity contribution < 1.29 is 9.21 Å². The second-order valence-electron chi connectivity index (χ2n) is 4.69. The lowest BCUT2D eigenvalue weighted by Gasteiger charge is -2.16. The highest BCUT2D eigenvalue weighted by Crippen LogP contribution is 2.08. The number of nitrogens with zero attached hydrogens (tertiary/aromatic N) is 1. The van der Waals surface area contributed by atoms with Crippen LogP contribution < -0.4 is 11.1 Å². The molecule has 0 spiro atoms. The van der Waals surface area contributed by atoms with Gasteiger partial charge in [0, 0.05) is 12.0 Å². The van der Waals surface area contributed by atoms with Crippen LogP contribution in [0.25, 0.3) is 0 Å². The van der Waals surface area contributed by atoms with Crippen LogP contribution in [0.5, 0.6) is 0 Å². The van der Waals surface area contributed by atoms with Crippen LogP contribution in [0.15, 0.2) is 4.42 Å². The number of oxazole rings is 1. The molecule has 0 radical (unpaired) electrons. The fourth-order valence-corrected chi connectivity index (χ4v) is 1.27. The lowest BCUT2D eigenvalue weighted by molar-refractivity contribution is -0.122. The quantitative estimate of drug-likeness (QED) is 0.802. The first-order chi connectivity index (χ1) is 7.28. The third-order valence-electron chi connectivity index (χ3n) is 2.13. The van der Waals surface area contributed by atoms with Gasteiger partial charge in [-0.05, 0) is 27.7 Å². The van der Waals surface area contributed by atoms with Crippen molar-refractivity contribution in [1.82, 2.24) is 10.3 Å². The van der Waals surface area contributed by atoms with E-state index >= 15 is 0 Å². The van der Waals surface area contributed by atoms with Crippen LogP contribution in [0, 0.1) is 13.8 Å². The minimum absolute atomic E-state index is 0.0963. The maximum atomic E-state index is 11.5. The number of rotatable bonds is 4. The van der Waals surface area contributed by atoms with Gasteiger partial charge in [0.15, 0.2) is 0 Å². The summed E-state index contributed by atoms with van der Waals surface area (Å²) in [5.41, 5.74) is 6.09. The Morgan fingerprint density at radius 2 is 2.12 bits per heavy atom. The SMILES string of the molecule is Cc1nc(CNC(=O)CC(C)(C)N)oc1C. The number of hydrogen-bond acceptors (Lipinski definition) is 4. The van der Waals surface area contributed by atoms with E-state index in [4.69, 9.17) is 10.2 Å². The highest BCUT2D eigenvalue weighted by atomic mass is 16.4. The van der Waals surface area contributed by atoms with Gasteiger partial charge >= 0.3 is 0 Å². The lowest BCUT2D eigenvalue weighted by atomic mass is 10.0. The van der Waals surface area contributed by atoms with Crippen LogP contribution in [0.3, 0.4) is 0 Å². The van der Waals surface area contributed by atoms with Crippen LogP contribution >= 0.6 is 0 Å². The molecule has 1 aromatic rings. The van der Waals surface area contributed by atoms with Gasteiger partial charge in [-0.3, -0.25) is 4.79 Å². The Balaban J connectivity index is 2.43. The zero-order valence-electron chi connectivity index (χ0n) is 10.3. The third kappa shape index (κ3) is 4.02. The molecule has 0 aliphatic rings. The molecule has 1 amide bonds. The van der Waals surface area contributed by atoms with Crippen molar-refractivity contribution >= 4 is 5.91 Å². The van der Waals surface area contributed by atoms with Gasteiger partial charge in [0.25, 0.3) is 0 Å². The molecule has 0 unspecified atom stereocenters. The van der Waals surface area contributed by atoms with Crippen molar-refractivity contribution in [2.45, 2.75) is 46.2 Å². The number of nitrogens with two attached hydrogens (primary N) is 1. The predicted molar refractivity (Wildman–Crippen MR) is 60.7 cm³/mol. The summed E-state index contributed by atoms with van der Waals surface area (Å²) < 4.78 is 5.34. The first-order valence-electron chi connectivity index (χ1n) is 5.26. The van der Waals surface area contributed by atoms with E-state index < -0.39 is 5.54 Å². The monoisotopic (exact) mass is 225 g/mol. The molecule has 0 bridgehead atoms. The van der Waals surface area contributed by atoms with E-state index in [1.165, 1.54) is 0 Å². The minimum Gasteiger partial charge on any atom is -0.444 e. The molecule has 3 N–H and O–H groups in total. The number of carbonyl (C=O) groups excluding carboxylic acids is 1. The van der Waals surface area contributed by atoms with Crippen LogP contribution in [-0.4, -0.2) is 16.4 Å². The lowest BCUT2D eigenvalue weighted by Crippen LogP contribution is -2.38. The first kappa shape index (κ1) is 12.7. The zero-order chi connectivity index (χ0) is 12.3. The van der Waals surface area contributed by atoms with Gasteiger partial charge < -0.3 is 15.5 Å². The second kappa shape index (κ2) is 4.65. The van der Waals surface area contributed by atoms with Crippen LogP contribution in [0.4, 0.5) is 0 Å². The maximum Gasteiger partial charge on any atom is 0.222 e. The molecular formula is C11H19N3O2. The molecule has 0 aliphatic carbocycles. The number of aromatic nitrogens is 1. The van der Waals surface area contributed by atoms with Crippen molar-refractivity contribution in [2.24, 2.45) is 5.73 Å². The molecule has 0 aromatic carbocycles. The van der Waals surface area contributed by atoms with E-state index in [2.05, 4.69) is 10.3 Å². The van der Waals surface area contributed by atoms with Crippen LogP contribution in [-0.2, 0) is 11.3 Å². The van der Waals surface area contributed by atoms with Gasteiger partial charge in [-0.15, -0.1) is 0 Å². The third-order valence-corrected chi connectivity index (χ3v) is 2.13. The fraction of sp³-hybridized carbons (Fsp3) is 0.636. The smallest absolute Gasteiger partial charge is 0.222 e. The molecule has 1 aromatic heterocycles. The molecule has 90 valence electrons. The van der Waals surface area contributed by atoms with Gasteiger partial charge in [0.1, 0.15) is 5.76 Å². The Hall–Kier alpha value is -1.36. The van der Waals surface area contributed by atoms with Crippen LogP contribution in [0.2, 0.25) is 0 Å². The summed E-state index contributed by atoms with van der Waals surface area (Å²) in [6.45, 7) is 7.64. The Morgan fingerprint density at radius 3 is 2.56 bits per heavy atom. The second-order valence-corrected chi connectivity index (χ2v) is 4.69. The summed E-state index contributed by atoms with van der Waals surface area (Å²) in [6.07, 6.45) is 0.283.